The van der Waals surface area contributed by atoms with Gasteiger partial charge in [0.05, 0.1) is 30.8 Å². The Labute approximate surface area is 225 Å². The van der Waals surface area contributed by atoms with E-state index in [1.165, 1.54) is 25.7 Å². The number of hydrogen-bond donors (Lipinski definition) is 2. The van der Waals surface area contributed by atoms with E-state index in [-0.39, 0.29) is 64.2 Å². The minimum Gasteiger partial charge on any atom is -0.496 e. The van der Waals surface area contributed by atoms with E-state index in [1.807, 2.05) is 6.92 Å². The monoisotopic (exact) mass is 527 g/mol. The van der Waals surface area contributed by atoms with Crippen molar-refractivity contribution in [2.75, 3.05) is 13.7 Å². The van der Waals surface area contributed by atoms with E-state index in [0.717, 1.165) is 44.9 Å². The number of amides is 2. The molecule has 2 N–H and O–H groups in total. The number of nitriles is 1. The van der Waals surface area contributed by atoms with Crippen molar-refractivity contribution in [2.24, 2.45) is 23.2 Å². The van der Waals surface area contributed by atoms with Crippen LogP contribution in [0.1, 0.15) is 94.8 Å². The lowest BCUT2D eigenvalue weighted by Crippen LogP contribution is -2.51. The van der Waals surface area contributed by atoms with Gasteiger partial charge in [-0.15, -0.1) is 0 Å². The molecule has 38 heavy (non-hydrogen) atoms. The highest BCUT2D eigenvalue weighted by Gasteiger charge is 2.51. The van der Waals surface area contributed by atoms with Crippen LogP contribution in [0, 0.1) is 40.3 Å². The fourth-order valence-electron chi connectivity index (χ4n) is 6.63. The third-order valence-electron chi connectivity index (χ3n) is 8.98. The van der Waals surface area contributed by atoms with Gasteiger partial charge in [0.1, 0.15) is 5.75 Å². The topological polar surface area (TPSA) is 100 Å². The Morgan fingerprint density at radius 3 is 2.63 bits per heavy atom. The molecule has 3 saturated carbocycles. The van der Waals surface area contributed by atoms with Crippen LogP contribution < -0.4 is 20.1 Å². The molecule has 7 nitrogen and oxygen atoms in total. The lowest BCUT2D eigenvalue weighted by Gasteiger charge is -2.39. The van der Waals surface area contributed by atoms with Crippen LogP contribution in [-0.2, 0) is 4.79 Å². The highest BCUT2D eigenvalue weighted by molar-refractivity contribution is 5.98. The first-order valence-electron chi connectivity index (χ1n) is 14.3. The summed E-state index contributed by atoms with van der Waals surface area (Å²) in [5.74, 6) is -0.533. The van der Waals surface area contributed by atoms with Crippen LogP contribution in [0.4, 0.5) is 4.39 Å². The van der Waals surface area contributed by atoms with E-state index < -0.39 is 5.82 Å². The summed E-state index contributed by atoms with van der Waals surface area (Å²) in [7, 11) is 1.41. The predicted molar refractivity (Wildman–Crippen MR) is 142 cm³/mol. The molecule has 3 aliphatic carbocycles. The number of carbonyl (C=O) groups is 2. The van der Waals surface area contributed by atoms with Gasteiger partial charge in [-0.25, -0.2) is 4.39 Å². The van der Waals surface area contributed by atoms with Crippen molar-refractivity contribution in [2.45, 2.75) is 96.6 Å². The van der Waals surface area contributed by atoms with E-state index in [1.54, 1.807) is 0 Å². The van der Waals surface area contributed by atoms with Crippen molar-refractivity contribution in [3.63, 3.8) is 0 Å². The van der Waals surface area contributed by atoms with Gasteiger partial charge in [-0.2, -0.15) is 5.26 Å². The second-order valence-corrected chi connectivity index (χ2v) is 11.8. The molecule has 0 aliphatic heterocycles. The average Bonchev–Trinajstić information content (AvgIpc) is 3.49. The van der Waals surface area contributed by atoms with Crippen LogP contribution in [0.25, 0.3) is 0 Å². The van der Waals surface area contributed by atoms with Gasteiger partial charge in [-0.1, -0.05) is 26.7 Å². The molecule has 5 unspecified atom stereocenters. The number of methoxy groups -OCH3 is 1. The highest BCUT2D eigenvalue weighted by Crippen LogP contribution is 2.49. The van der Waals surface area contributed by atoms with Gasteiger partial charge in [0.15, 0.2) is 11.6 Å². The van der Waals surface area contributed by atoms with Crippen LogP contribution in [0.15, 0.2) is 12.1 Å². The van der Waals surface area contributed by atoms with Crippen LogP contribution in [0.5, 0.6) is 11.5 Å². The number of ether oxygens (including phenoxy) is 2. The summed E-state index contributed by atoms with van der Waals surface area (Å²) in [5.41, 5.74) is 0.383. The van der Waals surface area contributed by atoms with Crippen molar-refractivity contribution in [3.8, 4) is 17.6 Å². The molecule has 208 valence electrons. The van der Waals surface area contributed by atoms with Gasteiger partial charge in [0.2, 0.25) is 5.91 Å². The van der Waals surface area contributed by atoms with E-state index in [4.69, 9.17) is 14.7 Å². The van der Waals surface area contributed by atoms with Crippen molar-refractivity contribution < 1.29 is 23.5 Å². The SMILES string of the molecule is CCCC(CCCC#N)Oc1cc(C(=O)NC2C3CCC(C3)C2C(=O)NCC2(C)CCC2)c(OC)cc1F. The van der Waals surface area contributed by atoms with Gasteiger partial charge in [-0.3, -0.25) is 9.59 Å². The number of carbonyl (C=O) groups excluding carboxylic acids is 2. The molecule has 3 fully saturated rings. The Hall–Kier alpha value is -2.82. The molecule has 0 aromatic heterocycles. The molecule has 2 bridgehead atoms. The van der Waals surface area contributed by atoms with E-state index in [9.17, 15) is 14.0 Å². The van der Waals surface area contributed by atoms with Crippen molar-refractivity contribution >= 4 is 11.8 Å². The third-order valence-corrected chi connectivity index (χ3v) is 8.98. The van der Waals surface area contributed by atoms with Crippen molar-refractivity contribution in [1.82, 2.24) is 10.6 Å². The van der Waals surface area contributed by atoms with Crippen LogP contribution >= 0.6 is 0 Å². The highest BCUT2D eigenvalue weighted by atomic mass is 19.1. The standard InChI is InChI=1S/C30H42FN3O4/c1-4-8-21(9-5-6-14-32)38-25-16-22(24(37-3)17-23(25)31)28(35)34-27-20-11-10-19(15-20)26(27)29(36)33-18-30(2)12-7-13-30/h16-17,19-21,26-27H,4-13,15,18H2,1-3H3,(H,33,36)(H,34,35). The maximum atomic E-state index is 14.9. The summed E-state index contributed by atoms with van der Waals surface area (Å²) >= 11 is 0. The summed E-state index contributed by atoms with van der Waals surface area (Å²) < 4.78 is 26.3. The van der Waals surface area contributed by atoms with Crippen LogP contribution in [0.2, 0.25) is 0 Å². The first-order chi connectivity index (χ1) is 18.3. The fourth-order valence-corrected chi connectivity index (χ4v) is 6.63. The lowest BCUT2D eigenvalue weighted by atomic mass is 9.70. The molecule has 8 heteroatoms. The van der Waals surface area contributed by atoms with Crippen LogP contribution in [-0.4, -0.2) is 37.6 Å². The smallest absolute Gasteiger partial charge is 0.255 e. The zero-order valence-corrected chi connectivity index (χ0v) is 23.0. The molecule has 0 radical (unpaired) electrons. The maximum absolute atomic E-state index is 14.9. The number of unbranched alkanes of at least 4 members (excludes halogenated alkanes) is 1. The fraction of sp³-hybridized carbons (Fsp3) is 0.700. The Kier molecular flexibility index (Phi) is 9.17. The lowest BCUT2D eigenvalue weighted by molar-refractivity contribution is -0.128. The largest absolute Gasteiger partial charge is 0.496 e. The van der Waals surface area contributed by atoms with Gasteiger partial charge < -0.3 is 20.1 Å². The molecule has 5 atom stereocenters. The minimum absolute atomic E-state index is 0.00216. The van der Waals surface area contributed by atoms with Gasteiger partial charge in [0.25, 0.3) is 5.91 Å². The quantitative estimate of drug-likeness (QED) is 0.329. The molecule has 4 rings (SSSR count). The molecule has 1 aromatic rings. The molecular weight excluding hydrogens is 485 g/mol. The Bertz CT molecular complexity index is 1050. The summed E-state index contributed by atoms with van der Waals surface area (Å²) in [6.45, 7) is 4.92. The zero-order chi connectivity index (χ0) is 27.3. The number of nitrogens with zero attached hydrogens (tertiary/aromatic N) is 1. The van der Waals surface area contributed by atoms with E-state index in [0.29, 0.717) is 25.8 Å². The first-order valence-corrected chi connectivity index (χ1v) is 14.3. The Morgan fingerprint density at radius 1 is 1.21 bits per heavy atom. The van der Waals surface area contributed by atoms with Gasteiger partial charge in [-0.05, 0) is 74.7 Å². The average molecular weight is 528 g/mol. The zero-order valence-electron chi connectivity index (χ0n) is 23.0. The number of nitrogens with one attached hydrogen (secondary N) is 2. The normalized spacial score (nSPS) is 25.7. The molecule has 0 heterocycles. The molecule has 3 aliphatic rings. The second kappa shape index (κ2) is 12.4. The number of halogens is 1. The maximum Gasteiger partial charge on any atom is 0.255 e. The van der Waals surface area contributed by atoms with Crippen molar-refractivity contribution in [3.05, 3.63) is 23.5 Å². The van der Waals surface area contributed by atoms with E-state index in [2.05, 4.69) is 23.6 Å². The van der Waals surface area contributed by atoms with E-state index >= 15 is 0 Å². The Balaban J connectivity index is 1.48. The minimum atomic E-state index is -0.596. The molecule has 0 saturated heterocycles. The number of fused-ring (bicyclic) bond motifs is 2. The Morgan fingerprint density at radius 2 is 1.97 bits per heavy atom. The third kappa shape index (κ3) is 6.24. The summed E-state index contributed by atoms with van der Waals surface area (Å²) in [6, 6.07) is 4.47. The first kappa shape index (κ1) is 28.2. The molecule has 0 spiro atoms. The molecular formula is C30H42FN3O4. The summed E-state index contributed by atoms with van der Waals surface area (Å²) in [5, 5.41) is 15.2. The van der Waals surface area contributed by atoms with Gasteiger partial charge >= 0.3 is 0 Å². The van der Waals surface area contributed by atoms with Crippen molar-refractivity contribution in [1.29, 1.82) is 5.26 Å². The van der Waals surface area contributed by atoms with Gasteiger partial charge in [0, 0.05) is 25.1 Å². The summed E-state index contributed by atoms with van der Waals surface area (Å²) in [6.07, 6.45) is 9.47. The molecule has 2 amide bonds. The number of hydrogen-bond acceptors (Lipinski definition) is 5. The summed E-state index contributed by atoms with van der Waals surface area (Å²) in [4.78, 5) is 26.8. The molecule has 1 aromatic carbocycles. The number of benzene rings is 1. The van der Waals surface area contributed by atoms with Crippen LogP contribution in [0.3, 0.4) is 0 Å². The second-order valence-electron chi connectivity index (χ2n) is 11.8. The predicted octanol–water partition coefficient (Wildman–Crippen LogP) is 5.53. The number of rotatable bonds is 13.